The van der Waals surface area contributed by atoms with E-state index >= 15 is 0 Å². The summed E-state index contributed by atoms with van der Waals surface area (Å²) in [5.41, 5.74) is 4.23. The van der Waals surface area contributed by atoms with E-state index in [0.29, 0.717) is 16.6 Å². The molecule has 1 unspecified atom stereocenters. The number of hydrogen-bond donors (Lipinski definition) is 0. The summed E-state index contributed by atoms with van der Waals surface area (Å²) in [6.45, 7) is 0. The van der Waals surface area contributed by atoms with Crippen molar-refractivity contribution in [1.82, 2.24) is 0 Å². The molecule has 3 aromatic rings. The highest BCUT2D eigenvalue weighted by Gasteiger charge is 2.21. The van der Waals surface area contributed by atoms with Gasteiger partial charge in [-0.05, 0) is 28.3 Å². The molecule has 3 heteroatoms. The Kier molecular flexibility index (Phi) is 4.76. The molecule has 0 saturated carbocycles. The van der Waals surface area contributed by atoms with Gasteiger partial charge in [0, 0.05) is 17.9 Å². The van der Waals surface area contributed by atoms with Crippen molar-refractivity contribution in [2.24, 2.45) is 0 Å². The van der Waals surface area contributed by atoms with E-state index < -0.39 is 0 Å². The van der Waals surface area contributed by atoms with Crippen molar-refractivity contribution in [2.75, 3.05) is 0 Å². The van der Waals surface area contributed by atoms with Crippen molar-refractivity contribution in [3.63, 3.8) is 0 Å². The summed E-state index contributed by atoms with van der Waals surface area (Å²) in [5.74, 6) is -0.860. The van der Waals surface area contributed by atoms with Crippen LogP contribution in [0.5, 0.6) is 0 Å². The Bertz CT molecular complexity index is 1020. The zero-order valence-electron chi connectivity index (χ0n) is 14.7. The Morgan fingerprint density at radius 2 is 1.48 bits per heavy atom. The smallest absolute Gasteiger partial charge is 0.127 e. The summed E-state index contributed by atoms with van der Waals surface area (Å²) in [4.78, 5) is 0. The molecule has 0 nitrogen and oxygen atoms in total. The van der Waals surface area contributed by atoms with Gasteiger partial charge in [-0.2, -0.15) is 0 Å². The van der Waals surface area contributed by atoms with Gasteiger partial charge < -0.3 is 0 Å². The van der Waals surface area contributed by atoms with E-state index in [2.05, 4.69) is 0 Å². The number of hydrogen-bond acceptors (Lipinski definition) is 0. The second-order valence-corrected chi connectivity index (χ2v) is 6.71. The lowest BCUT2D eigenvalue weighted by atomic mass is 9.85. The highest BCUT2D eigenvalue weighted by molar-refractivity contribution is 6.32. The van der Waals surface area contributed by atoms with Crippen molar-refractivity contribution in [1.29, 1.82) is 0 Å². The van der Waals surface area contributed by atoms with Crippen LogP contribution in [0.3, 0.4) is 0 Å². The zero-order valence-corrected chi connectivity index (χ0v) is 14.7. The van der Waals surface area contributed by atoms with Crippen LogP contribution in [0.15, 0.2) is 90.8 Å². The van der Waals surface area contributed by atoms with Gasteiger partial charge in [0.15, 0.2) is 0 Å². The summed E-state index contributed by atoms with van der Waals surface area (Å²) in [5, 5.41) is 0. The highest BCUT2D eigenvalue weighted by Crippen LogP contribution is 2.37. The maximum Gasteiger partial charge on any atom is 0.127 e. The van der Waals surface area contributed by atoms with Crippen LogP contribution < -0.4 is 5.46 Å². The third kappa shape index (κ3) is 3.63. The van der Waals surface area contributed by atoms with Crippen LogP contribution in [0.4, 0.5) is 8.78 Å². The zero-order chi connectivity index (χ0) is 18.8. The Morgan fingerprint density at radius 3 is 2.15 bits per heavy atom. The van der Waals surface area contributed by atoms with E-state index in [1.807, 2.05) is 42.5 Å². The molecule has 1 aliphatic carbocycles. The molecule has 0 fully saturated rings. The maximum absolute atomic E-state index is 14.7. The number of allylic oxidation sites excluding steroid dienone is 4. The molecule has 3 aromatic carbocycles. The van der Waals surface area contributed by atoms with Crippen LogP contribution in [0.1, 0.15) is 23.5 Å². The molecule has 0 bridgehead atoms. The van der Waals surface area contributed by atoms with Crippen molar-refractivity contribution >= 4 is 18.9 Å². The molecule has 0 N–H and O–H groups in total. The van der Waals surface area contributed by atoms with E-state index in [4.69, 9.17) is 7.85 Å². The molecule has 1 atom stereocenters. The summed E-state index contributed by atoms with van der Waals surface area (Å²) in [6, 6.07) is 21.9. The first-order chi connectivity index (χ1) is 13.1. The second-order valence-electron chi connectivity index (χ2n) is 6.71. The van der Waals surface area contributed by atoms with Gasteiger partial charge in [-0.3, -0.25) is 0 Å². The Morgan fingerprint density at radius 1 is 0.778 bits per heavy atom. The lowest BCUT2D eigenvalue weighted by Crippen LogP contribution is -2.05. The molecule has 0 saturated heterocycles. The van der Waals surface area contributed by atoms with Crippen molar-refractivity contribution < 1.29 is 8.78 Å². The summed E-state index contributed by atoms with van der Waals surface area (Å²) < 4.78 is 29.4. The largest absolute Gasteiger partial charge is 0.211 e. The van der Waals surface area contributed by atoms with Crippen LogP contribution in [0.25, 0.3) is 16.7 Å². The van der Waals surface area contributed by atoms with E-state index in [0.717, 1.165) is 16.7 Å². The number of benzene rings is 3. The molecule has 0 heterocycles. The maximum atomic E-state index is 14.7. The second kappa shape index (κ2) is 7.36. The fourth-order valence-corrected chi connectivity index (χ4v) is 3.44. The Labute approximate surface area is 159 Å². The van der Waals surface area contributed by atoms with Crippen LogP contribution in [-0.4, -0.2) is 7.85 Å². The van der Waals surface area contributed by atoms with Gasteiger partial charge in [0.2, 0.25) is 0 Å². The molecule has 27 heavy (non-hydrogen) atoms. The number of halogens is 2. The SMILES string of the molecule is [B]c1ccc(C2=C(F)CC(c3ccc(-c4ccccc4)cc3F)C=C2)cc1. The summed E-state index contributed by atoms with van der Waals surface area (Å²) in [6.07, 6.45) is 3.76. The van der Waals surface area contributed by atoms with Gasteiger partial charge in [0.25, 0.3) is 0 Å². The molecule has 0 aromatic heterocycles. The van der Waals surface area contributed by atoms with Gasteiger partial charge in [0.1, 0.15) is 19.5 Å². The third-order valence-corrected chi connectivity index (χ3v) is 4.92. The molecule has 0 spiro atoms. The minimum atomic E-state index is -0.313. The summed E-state index contributed by atoms with van der Waals surface area (Å²) in [7, 11) is 5.69. The predicted molar refractivity (Wildman–Crippen MR) is 108 cm³/mol. The average molecular weight is 354 g/mol. The fourth-order valence-electron chi connectivity index (χ4n) is 3.44. The molecule has 2 radical (unpaired) electrons. The lowest BCUT2D eigenvalue weighted by Gasteiger charge is -2.20. The molecular weight excluding hydrogens is 337 g/mol. The topological polar surface area (TPSA) is 0 Å². The van der Waals surface area contributed by atoms with Crippen LogP contribution in [-0.2, 0) is 0 Å². The van der Waals surface area contributed by atoms with Gasteiger partial charge in [-0.25, -0.2) is 8.78 Å². The highest BCUT2D eigenvalue weighted by atomic mass is 19.1. The minimum absolute atomic E-state index is 0.151. The first kappa shape index (κ1) is 17.5. The van der Waals surface area contributed by atoms with Gasteiger partial charge in [0.05, 0.1) is 0 Å². The quantitative estimate of drug-likeness (QED) is 0.529. The molecule has 0 amide bonds. The van der Waals surface area contributed by atoms with Crippen LogP contribution in [0.2, 0.25) is 0 Å². The lowest BCUT2D eigenvalue weighted by molar-refractivity contribution is 0.549. The Hall–Kier alpha value is -2.94. The van der Waals surface area contributed by atoms with Crippen molar-refractivity contribution in [2.45, 2.75) is 12.3 Å². The molecule has 0 aliphatic heterocycles. The van der Waals surface area contributed by atoms with E-state index in [9.17, 15) is 8.78 Å². The van der Waals surface area contributed by atoms with Crippen molar-refractivity contribution in [3.8, 4) is 11.1 Å². The minimum Gasteiger partial charge on any atom is -0.211 e. The first-order valence-electron chi connectivity index (χ1n) is 8.89. The predicted octanol–water partition coefficient (Wildman–Crippen LogP) is 5.71. The Balaban J connectivity index is 1.59. The van der Waals surface area contributed by atoms with E-state index in [-0.39, 0.29) is 24.0 Å². The molecular formula is C24H17BF2. The van der Waals surface area contributed by atoms with Gasteiger partial charge in [-0.15, -0.1) is 0 Å². The van der Waals surface area contributed by atoms with Crippen molar-refractivity contribution in [3.05, 3.63) is 108 Å². The standard InChI is InChI=1S/C24H17BF2/c25-20-10-6-17(7-11-20)21-13-9-19(15-24(21)27)22-12-8-18(14-23(22)26)16-4-2-1-3-5-16/h1-14,19H,15H2. The van der Waals surface area contributed by atoms with Crippen LogP contribution in [0, 0.1) is 5.82 Å². The third-order valence-electron chi connectivity index (χ3n) is 4.92. The average Bonchev–Trinajstić information content (AvgIpc) is 2.69. The first-order valence-corrected chi connectivity index (χ1v) is 8.89. The van der Waals surface area contributed by atoms with Crippen LogP contribution >= 0.6 is 0 Å². The van der Waals surface area contributed by atoms with E-state index in [1.165, 1.54) is 6.07 Å². The normalized spacial score (nSPS) is 16.6. The fraction of sp³-hybridized carbons (Fsp3) is 0.0833. The van der Waals surface area contributed by atoms with Gasteiger partial charge >= 0.3 is 0 Å². The number of rotatable bonds is 3. The van der Waals surface area contributed by atoms with Gasteiger partial charge in [-0.1, -0.05) is 84.3 Å². The monoisotopic (exact) mass is 354 g/mol. The van der Waals surface area contributed by atoms with E-state index in [1.54, 1.807) is 36.4 Å². The molecule has 4 rings (SSSR count). The molecule has 1 aliphatic rings. The summed E-state index contributed by atoms with van der Waals surface area (Å²) >= 11 is 0. The molecule has 130 valence electrons.